The molecule has 0 aliphatic rings. The van der Waals surface area contributed by atoms with Crippen molar-refractivity contribution in [2.75, 3.05) is 5.32 Å². The Morgan fingerprint density at radius 3 is 2.59 bits per heavy atom. The number of nitrogens with zero attached hydrogens (tertiary/aromatic N) is 4. The number of hydrogen-bond donors (Lipinski definition) is 3. The van der Waals surface area contributed by atoms with E-state index >= 15 is 0 Å². The van der Waals surface area contributed by atoms with Crippen LogP contribution < -0.4 is 5.32 Å². The van der Waals surface area contributed by atoms with Crippen molar-refractivity contribution < 1.29 is 9.18 Å². The maximum atomic E-state index is 13.5. The highest BCUT2D eigenvalue weighted by atomic mass is 19.1. The van der Waals surface area contributed by atoms with Crippen LogP contribution in [-0.2, 0) is 4.79 Å². The van der Waals surface area contributed by atoms with Gasteiger partial charge in [-0.2, -0.15) is 5.10 Å². The number of halogens is 1. The fourth-order valence-electron chi connectivity index (χ4n) is 4.40. The molecule has 6 aromatic rings. The lowest BCUT2D eigenvalue weighted by Gasteiger charge is -2.07. The van der Waals surface area contributed by atoms with E-state index in [1.165, 1.54) is 12.1 Å². The molecular formula is C28H22FN7O. The van der Waals surface area contributed by atoms with Crippen molar-refractivity contribution >= 4 is 33.5 Å². The van der Waals surface area contributed by atoms with E-state index in [9.17, 15) is 9.18 Å². The number of fused-ring (bicyclic) bond motifs is 2. The maximum absolute atomic E-state index is 13.5. The SMILES string of the molecule is CCCC(=O)Nc1cncc(-c2cnc3[nH]nc(-c4cc5c(-c6ccc(F)cc6)nccc5[nH]4)c3c2)c1. The normalized spacial score (nSPS) is 11.3. The van der Waals surface area contributed by atoms with E-state index in [1.54, 1.807) is 36.9 Å². The van der Waals surface area contributed by atoms with Crippen molar-refractivity contribution in [2.24, 2.45) is 0 Å². The molecular weight excluding hydrogens is 469 g/mol. The number of nitrogens with one attached hydrogen (secondary N) is 3. The van der Waals surface area contributed by atoms with Crippen LogP contribution in [0, 0.1) is 5.82 Å². The van der Waals surface area contributed by atoms with Crippen LogP contribution in [0.1, 0.15) is 19.8 Å². The lowest BCUT2D eigenvalue weighted by molar-refractivity contribution is -0.116. The second-order valence-electron chi connectivity index (χ2n) is 8.76. The molecule has 37 heavy (non-hydrogen) atoms. The highest BCUT2D eigenvalue weighted by Gasteiger charge is 2.16. The molecule has 6 rings (SSSR count). The van der Waals surface area contributed by atoms with Gasteiger partial charge in [0.05, 0.1) is 23.3 Å². The number of pyridine rings is 3. The zero-order valence-electron chi connectivity index (χ0n) is 19.9. The zero-order chi connectivity index (χ0) is 25.4. The molecule has 0 saturated heterocycles. The summed E-state index contributed by atoms with van der Waals surface area (Å²) in [6.45, 7) is 1.96. The first kappa shape index (κ1) is 22.5. The van der Waals surface area contributed by atoms with Crippen LogP contribution in [0.2, 0.25) is 0 Å². The van der Waals surface area contributed by atoms with Gasteiger partial charge >= 0.3 is 0 Å². The molecule has 9 heteroatoms. The topological polar surface area (TPSA) is 112 Å². The highest BCUT2D eigenvalue weighted by Crippen LogP contribution is 2.34. The Hall–Kier alpha value is -4.92. The Morgan fingerprint density at radius 2 is 1.76 bits per heavy atom. The van der Waals surface area contributed by atoms with Gasteiger partial charge in [0.25, 0.3) is 0 Å². The van der Waals surface area contributed by atoms with Crippen LogP contribution in [0.5, 0.6) is 0 Å². The van der Waals surface area contributed by atoms with E-state index in [1.807, 2.05) is 31.2 Å². The van der Waals surface area contributed by atoms with Crippen molar-refractivity contribution in [3.63, 3.8) is 0 Å². The van der Waals surface area contributed by atoms with E-state index < -0.39 is 0 Å². The van der Waals surface area contributed by atoms with Crippen LogP contribution in [0.15, 0.2) is 73.3 Å². The molecule has 0 bridgehead atoms. The average molecular weight is 492 g/mol. The minimum absolute atomic E-state index is 0.0412. The Morgan fingerprint density at radius 1 is 0.919 bits per heavy atom. The second-order valence-corrected chi connectivity index (χ2v) is 8.76. The molecule has 0 fully saturated rings. The van der Waals surface area contributed by atoms with Gasteiger partial charge in [-0.15, -0.1) is 0 Å². The van der Waals surface area contributed by atoms with Crippen molar-refractivity contribution in [2.45, 2.75) is 19.8 Å². The molecule has 8 nitrogen and oxygen atoms in total. The van der Waals surface area contributed by atoms with E-state index in [4.69, 9.17) is 0 Å². The molecule has 182 valence electrons. The molecule has 0 aliphatic carbocycles. The fourth-order valence-corrected chi connectivity index (χ4v) is 4.40. The Balaban J connectivity index is 1.40. The average Bonchev–Trinajstić information content (AvgIpc) is 3.53. The van der Waals surface area contributed by atoms with Crippen molar-refractivity contribution in [3.05, 3.63) is 79.1 Å². The number of rotatable bonds is 6. The van der Waals surface area contributed by atoms with E-state index in [-0.39, 0.29) is 11.7 Å². The molecule has 5 aromatic heterocycles. The third-order valence-corrected chi connectivity index (χ3v) is 6.17. The summed E-state index contributed by atoms with van der Waals surface area (Å²) in [5.74, 6) is -0.332. The standard InChI is InChI=1S/C28H22FN7O/c1-2-3-25(37)33-20-10-17(13-30-15-20)18-11-22-27(35-36-28(22)32-14-18)24-12-21-23(34-24)8-9-31-26(21)16-4-6-19(29)7-5-16/h4-15,34H,2-3H2,1H3,(H,33,37)(H,32,35,36). The zero-order valence-corrected chi connectivity index (χ0v) is 19.9. The van der Waals surface area contributed by atoms with Gasteiger partial charge in [0.1, 0.15) is 11.5 Å². The first-order valence-corrected chi connectivity index (χ1v) is 11.9. The first-order chi connectivity index (χ1) is 18.1. The van der Waals surface area contributed by atoms with Crippen LogP contribution in [0.25, 0.3) is 55.7 Å². The minimum atomic E-state index is -0.291. The predicted octanol–water partition coefficient (Wildman–Crippen LogP) is 6.11. The van der Waals surface area contributed by atoms with Crippen molar-refractivity contribution in [3.8, 4) is 33.8 Å². The van der Waals surface area contributed by atoms with Gasteiger partial charge in [-0.1, -0.05) is 6.92 Å². The highest BCUT2D eigenvalue weighted by molar-refractivity contribution is 6.00. The number of carbonyl (C=O) groups is 1. The number of aromatic nitrogens is 6. The molecule has 3 N–H and O–H groups in total. The molecule has 1 aromatic carbocycles. The largest absolute Gasteiger partial charge is 0.353 e. The summed E-state index contributed by atoms with van der Waals surface area (Å²) < 4.78 is 13.5. The molecule has 1 amide bonds. The van der Waals surface area contributed by atoms with Crippen LogP contribution in [0.4, 0.5) is 10.1 Å². The van der Waals surface area contributed by atoms with Gasteiger partial charge < -0.3 is 10.3 Å². The van der Waals surface area contributed by atoms with Gasteiger partial charge in [-0.05, 0) is 55.0 Å². The number of hydrogen-bond acceptors (Lipinski definition) is 5. The fraction of sp³-hybridized carbons (Fsp3) is 0.107. The maximum Gasteiger partial charge on any atom is 0.224 e. The van der Waals surface area contributed by atoms with Crippen LogP contribution in [-0.4, -0.2) is 36.0 Å². The third-order valence-electron chi connectivity index (χ3n) is 6.17. The lowest BCUT2D eigenvalue weighted by Crippen LogP contribution is -2.10. The number of anilines is 1. The van der Waals surface area contributed by atoms with E-state index in [0.717, 1.165) is 50.8 Å². The Kier molecular flexibility index (Phi) is 5.65. The Labute approximate surface area is 211 Å². The monoisotopic (exact) mass is 491 g/mol. The molecule has 0 radical (unpaired) electrons. The molecule has 0 atom stereocenters. The number of benzene rings is 1. The number of H-pyrrole nitrogens is 2. The van der Waals surface area contributed by atoms with Crippen molar-refractivity contribution in [1.82, 2.24) is 30.1 Å². The molecule has 5 heterocycles. The predicted molar refractivity (Wildman–Crippen MR) is 141 cm³/mol. The summed E-state index contributed by atoms with van der Waals surface area (Å²) in [4.78, 5) is 28.8. The molecule has 0 aliphatic heterocycles. The van der Waals surface area contributed by atoms with Gasteiger partial charge in [0, 0.05) is 58.0 Å². The third kappa shape index (κ3) is 4.31. The number of aromatic amines is 2. The summed E-state index contributed by atoms with van der Waals surface area (Å²) in [7, 11) is 0. The molecule has 0 unspecified atom stereocenters. The molecule has 0 saturated carbocycles. The van der Waals surface area contributed by atoms with Crippen molar-refractivity contribution in [1.29, 1.82) is 0 Å². The second kappa shape index (κ2) is 9.27. The summed E-state index contributed by atoms with van der Waals surface area (Å²) in [6, 6.07) is 14.1. The van der Waals surface area contributed by atoms with Crippen LogP contribution >= 0.6 is 0 Å². The lowest BCUT2D eigenvalue weighted by atomic mass is 10.1. The quantitative estimate of drug-likeness (QED) is 0.260. The first-order valence-electron chi connectivity index (χ1n) is 11.9. The minimum Gasteiger partial charge on any atom is -0.353 e. The van der Waals surface area contributed by atoms with Gasteiger partial charge in [0.15, 0.2) is 5.65 Å². The number of carbonyl (C=O) groups excluding carboxylic acids is 1. The van der Waals surface area contributed by atoms with Gasteiger partial charge in [0.2, 0.25) is 5.91 Å². The van der Waals surface area contributed by atoms with Crippen LogP contribution in [0.3, 0.4) is 0 Å². The summed E-state index contributed by atoms with van der Waals surface area (Å²) >= 11 is 0. The summed E-state index contributed by atoms with van der Waals surface area (Å²) in [5, 5.41) is 12.2. The smallest absolute Gasteiger partial charge is 0.224 e. The van der Waals surface area contributed by atoms with E-state index in [2.05, 4.69) is 35.5 Å². The molecule has 0 spiro atoms. The summed E-state index contributed by atoms with van der Waals surface area (Å²) in [6.07, 6.45) is 8.08. The summed E-state index contributed by atoms with van der Waals surface area (Å²) in [5.41, 5.74) is 6.95. The van der Waals surface area contributed by atoms with E-state index in [0.29, 0.717) is 23.4 Å². The van der Waals surface area contributed by atoms with Gasteiger partial charge in [-0.25, -0.2) is 9.37 Å². The number of amides is 1. The Bertz CT molecular complexity index is 1750. The van der Waals surface area contributed by atoms with Gasteiger partial charge in [-0.3, -0.25) is 19.9 Å².